The Kier molecular flexibility index (Phi) is 6.15. The number of benzene rings is 3. The normalized spacial score (nSPS) is 12.5. The number of carbonyl (C=O) groups excluding carboxylic acids is 2. The van der Waals surface area contributed by atoms with E-state index in [1.807, 2.05) is 60.7 Å². The van der Waals surface area contributed by atoms with Crippen LogP contribution in [-0.2, 0) is 0 Å². The number of rotatable bonds is 5. The smallest absolute Gasteiger partial charge is 0.321 e. The zero-order valence-electron chi connectivity index (χ0n) is 16.8. The first-order chi connectivity index (χ1) is 15.2. The van der Waals surface area contributed by atoms with E-state index >= 15 is 0 Å². The molecule has 0 unspecified atom stereocenters. The molecule has 0 spiro atoms. The highest BCUT2D eigenvalue weighted by molar-refractivity contribution is 5.97. The van der Waals surface area contributed by atoms with Gasteiger partial charge in [-0.25, -0.2) is 4.79 Å². The van der Waals surface area contributed by atoms with Crippen molar-refractivity contribution < 1.29 is 14.3 Å². The van der Waals surface area contributed by atoms with Crippen molar-refractivity contribution >= 4 is 17.6 Å². The predicted octanol–water partition coefficient (Wildman–Crippen LogP) is 3.79. The molecule has 0 saturated carbocycles. The highest BCUT2D eigenvalue weighted by Gasteiger charge is 2.20. The van der Waals surface area contributed by atoms with Crippen LogP contribution in [0.25, 0.3) is 0 Å². The SMILES string of the molecule is O=C(NCC#Cc1ccc(N2CCNC2=O)cc1)c1ccccc1Oc1ccccc1. The third-order valence-electron chi connectivity index (χ3n) is 4.71. The molecule has 154 valence electrons. The molecule has 2 N–H and O–H groups in total. The summed E-state index contributed by atoms with van der Waals surface area (Å²) >= 11 is 0. The van der Waals surface area contributed by atoms with E-state index in [1.54, 1.807) is 23.1 Å². The fraction of sp³-hybridized carbons (Fsp3) is 0.120. The van der Waals surface area contributed by atoms with Crippen LogP contribution >= 0.6 is 0 Å². The van der Waals surface area contributed by atoms with Crippen LogP contribution in [0.2, 0.25) is 0 Å². The van der Waals surface area contributed by atoms with Crippen molar-refractivity contribution in [3.63, 3.8) is 0 Å². The Balaban J connectivity index is 1.35. The molecule has 1 aliphatic rings. The highest BCUT2D eigenvalue weighted by atomic mass is 16.5. The summed E-state index contributed by atoms with van der Waals surface area (Å²) in [4.78, 5) is 26.0. The zero-order valence-corrected chi connectivity index (χ0v) is 16.8. The van der Waals surface area contributed by atoms with Crippen LogP contribution in [-0.4, -0.2) is 31.6 Å². The first-order valence-corrected chi connectivity index (χ1v) is 9.95. The standard InChI is InChI=1S/C25H21N3O3/c29-24(22-10-4-5-11-23(22)31-21-8-2-1-3-9-21)26-16-6-7-19-12-14-20(15-13-19)28-18-17-27-25(28)30/h1-5,8-15H,16-18H2,(H,26,29)(H,27,30). The Labute approximate surface area is 180 Å². The van der Waals surface area contributed by atoms with Gasteiger partial charge < -0.3 is 15.4 Å². The number of anilines is 1. The van der Waals surface area contributed by atoms with E-state index < -0.39 is 0 Å². The molecule has 0 bridgehead atoms. The fourth-order valence-electron chi connectivity index (χ4n) is 3.17. The summed E-state index contributed by atoms with van der Waals surface area (Å²) in [5.74, 6) is 6.87. The Morgan fingerprint density at radius 1 is 1.00 bits per heavy atom. The maximum Gasteiger partial charge on any atom is 0.321 e. The van der Waals surface area contributed by atoms with E-state index in [9.17, 15) is 9.59 Å². The second-order valence-corrected chi connectivity index (χ2v) is 6.83. The van der Waals surface area contributed by atoms with Crippen LogP contribution in [0.4, 0.5) is 10.5 Å². The van der Waals surface area contributed by atoms with Crippen molar-refractivity contribution in [3.05, 3.63) is 90.0 Å². The quantitative estimate of drug-likeness (QED) is 0.628. The van der Waals surface area contributed by atoms with Gasteiger partial charge in [0.1, 0.15) is 11.5 Å². The molecule has 6 nitrogen and oxygen atoms in total. The maximum absolute atomic E-state index is 12.6. The molecule has 1 heterocycles. The number of amides is 3. The summed E-state index contributed by atoms with van der Waals surface area (Å²) in [7, 11) is 0. The molecule has 0 aliphatic carbocycles. The van der Waals surface area contributed by atoms with Crippen molar-refractivity contribution in [1.82, 2.24) is 10.6 Å². The number of ether oxygens (including phenoxy) is 1. The van der Waals surface area contributed by atoms with Gasteiger partial charge in [0.15, 0.2) is 0 Å². The topological polar surface area (TPSA) is 70.7 Å². The minimum Gasteiger partial charge on any atom is -0.457 e. The number of nitrogens with zero attached hydrogens (tertiary/aromatic N) is 1. The van der Waals surface area contributed by atoms with Gasteiger partial charge in [-0.2, -0.15) is 0 Å². The van der Waals surface area contributed by atoms with Gasteiger partial charge >= 0.3 is 6.03 Å². The summed E-state index contributed by atoms with van der Waals surface area (Å²) in [5.41, 5.74) is 2.09. The number of hydrogen-bond acceptors (Lipinski definition) is 3. The summed E-state index contributed by atoms with van der Waals surface area (Å²) in [6.45, 7) is 1.51. The van der Waals surface area contributed by atoms with Gasteiger partial charge in [0.25, 0.3) is 5.91 Å². The summed E-state index contributed by atoms with van der Waals surface area (Å²) in [5, 5.41) is 5.58. The molecule has 6 heteroatoms. The first kappa shape index (κ1) is 20.0. The number of nitrogens with one attached hydrogen (secondary N) is 2. The van der Waals surface area contributed by atoms with Crippen LogP contribution in [0, 0.1) is 11.8 Å². The molecule has 3 aromatic rings. The van der Waals surface area contributed by atoms with Crippen molar-refractivity contribution in [1.29, 1.82) is 0 Å². The van der Waals surface area contributed by atoms with Gasteiger partial charge in [0, 0.05) is 24.3 Å². The van der Waals surface area contributed by atoms with Gasteiger partial charge in [-0.05, 0) is 48.5 Å². The summed E-state index contributed by atoms with van der Waals surface area (Å²) < 4.78 is 5.84. The first-order valence-electron chi connectivity index (χ1n) is 9.95. The molecule has 31 heavy (non-hydrogen) atoms. The number of hydrogen-bond donors (Lipinski definition) is 2. The number of para-hydroxylation sites is 2. The molecule has 3 amide bonds. The minimum atomic E-state index is -0.253. The van der Waals surface area contributed by atoms with Gasteiger partial charge in [-0.15, -0.1) is 0 Å². The van der Waals surface area contributed by atoms with E-state index in [0.717, 1.165) is 11.3 Å². The van der Waals surface area contributed by atoms with Crippen molar-refractivity contribution in [2.24, 2.45) is 0 Å². The Hall–Kier alpha value is -4.24. The van der Waals surface area contributed by atoms with Gasteiger partial charge in [0.05, 0.1) is 12.1 Å². The number of urea groups is 1. The van der Waals surface area contributed by atoms with Crippen LogP contribution in [0.15, 0.2) is 78.9 Å². The highest BCUT2D eigenvalue weighted by Crippen LogP contribution is 2.24. The summed E-state index contributed by atoms with van der Waals surface area (Å²) in [6.07, 6.45) is 0. The minimum absolute atomic E-state index is 0.0851. The molecule has 1 saturated heterocycles. The molecule has 3 aromatic carbocycles. The van der Waals surface area contributed by atoms with E-state index in [4.69, 9.17) is 4.74 Å². The van der Waals surface area contributed by atoms with Crippen LogP contribution < -0.4 is 20.3 Å². The molecular formula is C25H21N3O3. The lowest BCUT2D eigenvalue weighted by Gasteiger charge is -2.13. The molecule has 0 aromatic heterocycles. The third-order valence-corrected chi connectivity index (χ3v) is 4.71. The predicted molar refractivity (Wildman–Crippen MR) is 119 cm³/mol. The van der Waals surface area contributed by atoms with Gasteiger partial charge in [0.2, 0.25) is 0 Å². The Morgan fingerprint density at radius 3 is 2.48 bits per heavy atom. The lowest BCUT2D eigenvalue weighted by molar-refractivity contribution is 0.0956. The molecule has 0 atom stereocenters. The Morgan fingerprint density at radius 2 is 1.74 bits per heavy atom. The fourth-order valence-corrected chi connectivity index (χ4v) is 3.17. The molecule has 0 radical (unpaired) electrons. The zero-order chi connectivity index (χ0) is 21.5. The molecule has 1 aliphatic heterocycles. The second kappa shape index (κ2) is 9.51. The van der Waals surface area contributed by atoms with E-state index in [1.165, 1.54) is 0 Å². The van der Waals surface area contributed by atoms with E-state index in [0.29, 0.717) is 30.2 Å². The van der Waals surface area contributed by atoms with Crippen molar-refractivity contribution in [2.75, 3.05) is 24.5 Å². The molecular weight excluding hydrogens is 390 g/mol. The average molecular weight is 411 g/mol. The van der Waals surface area contributed by atoms with Crippen LogP contribution in [0.3, 0.4) is 0 Å². The maximum atomic E-state index is 12.6. The number of carbonyl (C=O) groups is 2. The van der Waals surface area contributed by atoms with Crippen LogP contribution in [0.1, 0.15) is 15.9 Å². The monoisotopic (exact) mass is 411 g/mol. The van der Waals surface area contributed by atoms with E-state index in [2.05, 4.69) is 22.5 Å². The molecule has 4 rings (SSSR count). The largest absolute Gasteiger partial charge is 0.457 e. The lowest BCUT2D eigenvalue weighted by Crippen LogP contribution is -2.27. The lowest BCUT2D eigenvalue weighted by atomic mass is 10.2. The molecule has 1 fully saturated rings. The Bertz CT molecular complexity index is 1130. The van der Waals surface area contributed by atoms with Gasteiger partial charge in [-0.1, -0.05) is 42.2 Å². The van der Waals surface area contributed by atoms with E-state index in [-0.39, 0.29) is 18.5 Å². The second-order valence-electron chi connectivity index (χ2n) is 6.83. The van der Waals surface area contributed by atoms with Crippen molar-refractivity contribution in [3.8, 4) is 23.3 Å². The third kappa shape index (κ3) is 5.03. The van der Waals surface area contributed by atoms with Crippen LogP contribution in [0.5, 0.6) is 11.5 Å². The summed E-state index contributed by atoms with van der Waals surface area (Å²) in [6, 6.07) is 23.8. The van der Waals surface area contributed by atoms with Crippen molar-refractivity contribution in [2.45, 2.75) is 0 Å². The van der Waals surface area contributed by atoms with Gasteiger partial charge in [-0.3, -0.25) is 9.69 Å². The average Bonchev–Trinajstić information content (AvgIpc) is 3.24.